The quantitative estimate of drug-likeness (QED) is 0.823. The number of carbonyl (C=O) groups excluding carboxylic acids is 2. The summed E-state index contributed by atoms with van der Waals surface area (Å²) in [4.78, 5) is 22.9. The van der Waals surface area contributed by atoms with Crippen molar-refractivity contribution in [3.8, 4) is 0 Å². The minimum Gasteiger partial charge on any atom is -0.368 e. The van der Waals surface area contributed by atoms with Crippen LogP contribution >= 0.6 is 0 Å². The molecule has 2 aromatic heterocycles. The van der Waals surface area contributed by atoms with Gasteiger partial charge in [0.05, 0.1) is 11.9 Å². The molecular formula is C12H16N6O2. The van der Waals surface area contributed by atoms with Gasteiger partial charge in [-0.15, -0.1) is 0 Å². The highest BCUT2D eigenvalue weighted by atomic mass is 16.2. The van der Waals surface area contributed by atoms with Crippen molar-refractivity contribution < 1.29 is 9.59 Å². The molecule has 8 heteroatoms. The van der Waals surface area contributed by atoms with Gasteiger partial charge >= 0.3 is 0 Å². The predicted molar refractivity (Wildman–Crippen MR) is 72.0 cm³/mol. The Bertz CT molecular complexity index is 627. The number of carbonyl (C=O) groups is 2. The largest absolute Gasteiger partial charge is 0.368 e. The van der Waals surface area contributed by atoms with Gasteiger partial charge in [0.2, 0.25) is 5.91 Å². The summed E-state index contributed by atoms with van der Waals surface area (Å²) in [5, 5.41) is 10.7. The molecule has 0 bridgehead atoms. The highest BCUT2D eigenvalue weighted by molar-refractivity contribution is 6.02. The molecule has 8 nitrogen and oxygen atoms in total. The number of hydrogen-bond acceptors (Lipinski definition) is 4. The van der Waals surface area contributed by atoms with Crippen LogP contribution in [0.1, 0.15) is 30.4 Å². The van der Waals surface area contributed by atoms with Crippen LogP contribution in [0.2, 0.25) is 0 Å². The van der Waals surface area contributed by atoms with Gasteiger partial charge in [0.15, 0.2) is 0 Å². The van der Waals surface area contributed by atoms with Gasteiger partial charge in [-0.3, -0.25) is 19.0 Å². The molecule has 0 saturated carbocycles. The molecule has 3 N–H and O–H groups in total. The third-order valence-corrected chi connectivity index (χ3v) is 2.60. The fraction of sp³-hybridized carbons (Fsp3) is 0.333. The molecule has 2 aromatic rings. The Labute approximate surface area is 115 Å². The van der Waals surface area contributed by atoms with Crippen LogP contribution in [0, 0.1) is 0 Å². The molecule has 0 spiro atoms. The molecule has 0 aliphatic rings. The van der Waals surface area contributed by atoms with Crippen LogP contribution in [0.15, 0.2) is 24.7 Å². The van der Waals surface area contributed by atoms with Crippen LogP contribution < -0.4 is 11.1 Å². The normalized spacial score (nSPS) is 10.8. The van der Waals surface area contributed by atoms with Gasteiger partial charge in [0.25, 0.3) is 5.91 Å². The van der Waals surface area contributed by atoms with Gasteiger partial charge in [-0.25, -0.2) is 0 Å². The maximum absolute atomic E-state index is 12.1. The number of rotatable bonds is 5. The molecule has 20 heavy (non-hydrogen) atoms. The van der Waals surface area contributed by atoms with Gasteiger partial charge in [-0.1, -0.05) is 0 Å². The molecule has 0 atom stereocenters. The first-order valence-corrected chi connectivity index (χ1v) is 6.13. The summed E-state index contributed by atoms with van der Waals surface area (Å²) < 4.78 is 2.99. The molecule has 2 heterocycles. The van der Waals surface area contributed by atoms with E-state index in [1.165, 1.54) is 10.9 Å². The Morgan fingerprint density at radius 3 is 2.80 bits per heavy atom. The fourth-order valence-corrected chi connectivity index (χ4v) is 1.77. The molecule has 2 amide bonds. The Morgan fingerprint density at radius 2 is 2.15 bits per heavy atom. The SMILES string of the molecule is CC(C)n1nccc1C(=O)Nc1cnn(CC(N)=O)c1. The van der Waals surface area contributed by atoms with Gasteiger partial charge in [-0.2, -0.15) is 10.2 Å². The number of amides is 2. The van der Waals surface area contributed by atoms with E-state index in [1.807, 2.05) is 13.8 Å². The lowest BCUT2D eigenvalue weighted by molar-refractivity contribution is -0.118. The van der Waals surface area contributed by atoms with E-state index in [-0.39, 0.29) is 18.5 Å². The van der Waals surface area contributed by atoms with Crippen molar-refractivity contribution in [2.24, 2.45) is 5.73 Å². The summed E-state index contributed by atoms with van der Waals surface area (Å²) in [6, 6.07) is 1.73. The Hall–Kier alpha value is -2.64. The first kappa shape index (κ1) is 13.8. The molecule has 0 fully saturated rings. The summed E-state index contributed by atoms with van der Waals surface area (Å²) in [5.74, 6) is -0.779. The van der Waals surface area contributed by atoms with E-state index in [2.05, 4.69) is 15.5 Å². The average Bonchev–Trinajstić information content (AvgIpc) is 2.96. The lowest BCUT2D eigenvalue weighted by Crippen LogP contribution is -2.19. The van der Waals surface area contributed by atoms with E-state index in [1.54, 1.807) is 23.1 Å². The number of primary amides is 1. The Balaban J connectivity index is 2.09. The zero-order chi connectivity index (χ0) is 14.7. The molecular weight excluding hydrogens is 260 g/mol. The number of hydrogen-bond donors (Lipinski definition) is 2. The van der Waals surface area contributed by atoms with Crippen LogP contribution in [0.25, 0.3) is 0 Å². The Kier molecular flexibility index (Phi) is 3.83. The summed E-state index contributed by atoms with van der Waals surface area (Å²) in [6.07, 6.45) is 4.57. The van der Waals surface area contributed by atoms with Crippen molar-refractivity contribution in [3.63, 3.8) is 0 Å². The van der Waals surface area contributed by atoms with Crippen molar-refractivity contribution in [3.05, 3.63) is 30.4 Å². The lowest BCUT2D eigenvalue weighted by atomic mass is 10.3. The number of nitrogens with zero attached hydrogens (tertiary/aromatic N) is 4. The van der Waals surface area contributed by atoms with Crippen molar-refractivity contribution in [2.45, 2.75) is 26.4 Å². The van der Waals surface area contributed by atoms with Crippen LogP contribution in [0.3, 0.4) is 0 Å². The smallest absolute Gasteiger partial charge is 0.274 e. The second-order valence-electron chi connectivity index (χ2n) is 4.60. The van der Waals surface area contributed by atoms with E-state index < -0.39 is 5.91 Å². The van der Waals surface area contributed by atoms with Crippen LogP contribution in [-0.4, -0.2) is 31.4 Å². The lowest BCUT2D eigenvalue weighted by Gasteiger charge is -2.10. The summed E-state index contributed by atoms with van der Waals surface area (Å²) in [5.41, 5.74) is 6.02. The third kappa shape index (κ3) is 3.02. The minimum absolute atomic E-state index is 0.0280. The van der Waals surface area contributed by atoms with Crippen LogP contribution in [0.4, 0.5) is 5.69 Å². The van der Waals surface area contributed by atoms with Crippen molar-refractivity contribution >= 4 is 17.5 Å². The zero-order valence-corrected chi connectivity index (χ0v) is 11.3. The second kappa shape index (κ2) is 5.55. The minimum atomic E-state index is -0.496. The average molecular weight is 276 g/mol. The van der Waals surface area contributed by atoms with Crippen molar-refractivity contribution in [2.75, 3.05) is 5.32 Å². The maximum Gasteiger partial charge on any atom is 0.274 e. The second-order valence-corrected chi connectivity index (χ2v) is 4.60. The highest BCUT2D eigenvalue weighted by Crippen LogP contribution is 2.11. The molecule has 0 unspecified atom stereocenters. The molecule has 0 radical (unpaired) electrons. The van der Waals surface area contributed by atoms with E-state index in [0.29, 0.717) is 11.4 Å². The van der Waals surface area contributed by atoms with Gasteiger partial charge in [0, 0.05) is 18.4 Å². The Morgan fingerprint density at radius 1 is 1.40 bits per heavy atom. The number of nitrogens with two attached hydrogens (primary N) is 1. The third-order valence-electron chi connectivity index (χ3n) is 2.60. The van der Waals surface area contributed by atoms with Gasteiger partial charge < -0.3 is 11.1 Å². The zero-order valence-electron chi connectivity index (χ0n) is 11.3. The highest BCUT2D eigenvalue weighted by Gasteiger charge is 2.14. The van der Waals surface area contributed by atoms with Crippen molar-refractivity contribution in [1.82, 2.24) is 19.6 Å². The number of nitrogens with one attached hydrogen (secondary N) is 1. The molecule has 0 aromatic carbocycles. The van der Waals surface area contributed by atoms with E-state index in [0.717, 1.165) is 0 Å². The summed E-state index contributed by atoms with van der Waals surface area (Å²) >= 11 is 0. The monoisotopic (exact) mass is 276 g/mol. The molecule has 0 aliphatic carbocycles. The van der Waals surface area contributed by atoms with E-state index >= 15 is 0 Å². The summed E-state index contributed by atoms with van der Waals surface area (Å²) in [7, 11) is 0. The molecule has 106 valence electrons. The molecule has 0 aliphatic heterocycles. The van der Waals surface area contributed by atoms with Gasteiger partial charge in [0.1, 0.15) is 12.2 Å². The van der Waals surface area contributed by atoms with Crippen molar-refractivity contribution in [1.29, 1.82) is 0 Å². The van der Waals surface area contributed by atoms with Crippen LogP contribution in [0.5, 0.6) is 0 Å². The number of anilines is 1. The fourth-order valence-electron chi connectivity index (χ4n) is 1.77. The summed E-state index contributed by atoms with van der Waals surface area (Å²) in [6.45, 7) is 3.85. The first-order chi connectivity index (χ1) is 9.47. The topological polar surface area (TPSA) is 108 Å². The maximum atomic E-state index is 12.1. The molecule has 0 saturated heterocycles. The van der Waals surface area contributed by atoms with E-state index in [9.17, 15) is 9.59 Å². The number of aromatic nitrogens is 4. The van der Waals surface area contributed by atoms with E-state index in [4.69, 9.17) is 5.73 Å². The van der Waals surface area contributed by atoms with Crippen LogP contribution in [-0.2, 0) is 11.3 Å². The van der Waals surface area contributed by atoms with Gasteiger partial charge in [-0.05, 0) is 19.9 Å². The molecule has 2 rings (SSSR count). The first-order valence-electron chi connectivity index (χ1n) is 6.13. The standard InChI is InChI=1S/C12H16N6O2/c1-8(2)18-10(3-4-14-18)12(20)16-9-5-15-17(6-9)7-11(13)19/h3-6,8H,7H2,1-2H3,(H2,13,19)(H,16,20). The predicted octanol–water partition coefficient (Wildman–Crippen LogP) is 0.398.